The third-order valence-electron chi connectivity index (χ3n) is 1.84. The van der Waals surface area contributed by atoms with Gasteiger partial charge in [-0.05, 0) is 13.0 Å². The van der Waals surface area contributed by atoms with Crippen LogP contribution < -0.4 is 4.74 Å². The van der Waals surface area contributed by atoms with Crippen LogP contribution in [0.2, 0.25) is 0 Å². The molecular formula is C12H14O3. The fourth-order valence-corrected chi connectivity index (χ4v) is 1.12. The summed E-state index contributed by atoms with van der Waals surface area (Å²) in [4.78, 5) is 10.9. The summed E-state index contributed by atoms with van der Waals surface area (Å²) >= 11 is 0. The number of carbonyl (C=O) groups excluding carboxylic acids is 1. The lowest BCUT2D eigenvalue weighted by atomic mass is 10.2. The third kappa shape index (κ3) is 3.46. The minimum absolute atomic E-state index is 0.0644. The van der Waals surface area contributed by atoms with E-state index in [1.807, 2.05) is 43.3 Å². The predicted octanol–water partition coefficient (Wildman–Crippen LogP) is 2.27. The number of methoxy groups -OCH3 is 1. The van der Waals surface area contributed by atoms with Gasteiger partial charge in [-0.15, -0.1) is 0 Å². The van der Waals surface area contributed by atoms with Gasteiger partial charge in [0.25, 0.3) is 0 Å². The number of rotatable bonds is 4. The minimum atomic E-state index is -0.384. The Hall–Kier alpha value is -1.77. The van der Waals surface area contributed by atoms with Crippen molar-refractivity contribution in [2.75, 3.05) is 13.7 Å². The zero-order chi connectivity index (χ0) is 11.1. The molecule has 1 rings (SSSR count). The number of carbonyl (C=O) groups is 1. The van der Waals surface area contributed by atoms with Gasteiger partial charge in [0, 0.05) is 5.56 Å². The van der Waals surface area contributed by atoms with Gasteiger partial charge in [-0.1, -0.05) is 30.4 Å². The quantitative estimate of drug-likeness (QED) is 0.709. The topological polar surface area (TPSA) is 35.5 Å². The molecule has 1 aromatic carbocycles. The first kappa shape index (κ1) is 11.3. The van der Waals surface area contributed by atoms with Crippen molar-refractivity contribution in [3.05, 3.63) is 35.9 Å². The molecule has 3 nitrogen and oxygen atoms in total. The molecule has 0 aromatic heterocycles. The van der Waals surface area contributed by atoms with E-state index in [1.165, 1.54) is 7.11 Å². The Balaban J connectivity index is 2.71. The van der Waals surface area contributed by atoms with E-state index < -0.39 is 0 Å². The highest BCUT2D eigenvalue weighted by Crippen LogP contribution is 2.19. The predicted molar refractivity (Wildman–Crippen MR) is 58.7 cm³/mol. The number of esters is 1. The molecule has 0 spiro atoms. The number of ether oxygens (including phenoxy) is 2. The van der Waals surface area contributed by atoms with Crippen LogP contribution in [0.25, 0.3) is 6.08 Å². The summed E-state index contributed by atoms with van der Waals surface area (Å²) in [5, 5.41) is 0. The molecule has 0 saturated heterocycles. The number of benzene rings is 1. The molecule has 0 aliphatic heterocycles. The van der Waals surface area contributed by atoms with Crippen LogP contribution in [0, 0.1) is 0 Å². The highest BCUT2D eigenvalue weighted by atomic mass is 16.6. The third-order valence-corrected chi connectivity index (χ3v) is 1.84. The molecule has 0 bridgehead atoms. The summed E-state index contributed by atoms with van der Waals surface area (Å²) in [5.41, 5.74) is 0.948. The van der Waals surface area contributed by atoms with Crippen LogP contribution in [0.1, 0.15) is 12.5 Å². The van der Waals surface area contributed by atoms with Crippen LogP contribution in [-0.2, 0) is 9.53 Å². The SMILES string of the molecule is C/C=C/c1ccccc1OCC(=O)OC. The highest BCUT2D eigenvalue weighted by molar-refractivity contribution is 5.71. The molecule has 80 valence electrons. The van der Waals surface area contributed by atoms with Gasteiger partial charge in [0.1, 0.15) is 5.75 Å². The minimum Gasteiger partial charge on any atom is -0.481 e. The monoisotopic (exact) mass is 206 g/mol. The van der Waals surface area contributed by atoms with Gasteiger partial charge in [-0.3, -0.25) is 0 Å². The van der Waals surface area contributed by atoms with Gasteiger partial charge in [0.15, 0.2) is 6.61 Å². The zero-order valence-electron chi connectivity index (χ0n) is 8.90. The Bertz CT molecular complexity index is 356. The molecule has 0 aliphatic carbocycles. The van der Waals surface area contributed by atoms with Crippen molar-refractivity contribution in [2.24, 2.45) is 0 Å². The maximum absolute atomic E-state index is 10.9. The first-order chi connectivity index (χ1) is 7.27. The van der Waals surface area contributed by atoms with Crippen LogP contribution in [-0.4, -0.2) is 19.7 Å². The standard InChI is InChI=1S/C12H14O3/c1-3-6-10-7-4-5-8-11(10)15-9-12(13)14-2/h3-8H,9H2,1-2H3/b6-3+. The Morgan fingerprint density at radius 2 is 2.13 bits per heavy atom. The number of para-hydroxylation sites is 1. The highest BCUT2D eigenvalue weighted by Gasteiger charge is 2.03. The molecule has 0 unspecified atom stereocenters. The van der Waals surface area contributed by atoms with E-state index in [0.29, 0.717) is 5.75 Å². The summed E-state index contributed by atoms with van der Waals surface area (Å²) in [6.45, 7) is 1.86. The number of hydrogen-bond donors (Lipinski definition) is 0. The van der Waals surface area contributed by atoms with Gasteiger partial charge in [-0.25, -0.2) is 4.79 Å². The van der Waals surface area contributed by atoms with Crippen LogP contribution in [0.3, 0.4) is 0 Å². The Morgan fingerprint density at radius 3 is 2.80 bits per heavy atom. The molecule has 15 heavy (non-hydrogen) atoms. The lowest BCUT2D eigenvalue weighted by molar-refractivity contribution is -0.142. The van der Waals surface area contributed by atoms with E-state index in [0.717, 1.165) is 5.56 Å². The second-order valence-electron chi connectivity index (χ2n) is 2.90. The van der Waals surface area contributed by atoms with Crippen molar-refractivity contribution in [1.29, 1.82) is 0 Å². The van der Waals surface area contributed by atoms with Crippen molar-refractivity contribution in [1.82, 2.24) is 0 Å². The zero-order valence-corrected chi connectivity index (χ0v) is 8.90. The summed E-state index contributed by atoms with van der Waals surface area (Å²) < 4.78 is 9.81. The fourth-order valence-electron chi connectivity index (χ4n) is 1.12. The van der Waals surface area contributed by atoms with Crippen molar-refractivity contribution in [3.8, 4) is 5.75 Å². The van der Waals surface area contributed by atoms with E-state index in [-0.39, 0.29) is 12.6 Å². The summed E-state index contributed by atoms with van der Waals surface area (Å²) in [7, 11) is 1.34. The van der Waals surface area contributed by atoms with Crippen LogP contribution >= 0.6 is 0 Å². The summed E-state index contributed by atoms with van der Waals surface area (Å²) in [5.74, 6) is 0.297. The smallest absolute Gasteiger partial charge is 0.343 e. The van der Waals surface area contributed by atoms with E-state index in [1.54, 1.807) is 0 Å². The first-order valence-electron chi connectivity index (χ1n) is 4.69. The molecule has 0 radical (unpaired) electrons. The van der Waals surface area contributed by atoms with Crippen molar-refractivity contribution in [3.63, 3.8) is 0 Å². The maximum atomic E-state index is 10.9. The molecule has 0 heterocycles. The molecule has 1 aromatic rings. The second kappa shape index (κ2) is 5.86. The Kier molecular flexibility index (Phi) is 4.41. The van der Waals surface area contributed by atoms with Crippen molar-refractivity contribution in [2.45, 2.75) is 6.92 Å². The molecule has 0 amide bonds. The molecule has 0 aliphatic rings. The van der Waals surface area contributed by atoms with Gasteiger partial charge >= 0.3 is 5.97 Å². The van der Waals surface area contributed by atoms with Crippen molar-refractivity contribution < 1.29 is 14.3 Å². The lowest BCUT2D eigenvalue weighted by Gasteiger charge is -2.07. The summed E-state index contributed by atoms with van der Waals surface area (Å²) in [6.07, 6.45) is 3.84. The average molecular weight is 206 g/mol. The van der Waals surface area contributed by atoms with Gasteiger partial charge in [-0.2, -0.15) is 0 Å². The van der Waals surface area contributed by atoms with E-state index in [4.69, 9.17) is 4.74 Å². The number of allylic oxidation sites excluding steroid dienone is 1. The molecule has 0 fully saturated rings. The molecule has 3 heteroatoms. The largest absolute Gasteiger partial charge is 0.481 e. The van der Waals surface area contributed by atoms with Gasteiger partial charge in [0.05, 0.1) is 7.11 Å². The molecule has 0 atom stereocenters. The van der Waals surface area contributed by atoms with Crippen molar-refractivity contribution >= 4 is 12.0 Å². The van der Waals surface area contributed by atoms with Crippen LogP contribution in [0.5, 0.6) is 5.75 Å². The second-order valence-corrected chi connectivity index (χ2v) is 2.90. The molecular weight excluding hydrogens is 192 g/mol. The maximum Gasteiger partial charge on any atom is 0.343 e. The molecule has 0 saturated carbocycles. The molecule has 0 N–H and O–H groups in total. The summed E-state index contributed by atoms with van der Waals surface area (Å²) in [6, 6.07) is 7.52. The van der Waals surface area contributed by atoms with E-state index in [9.17, 15) is 4.79 Å². The van der Waals surface area contributed by atoms with E-state index in [2.05, 4.69) is 4.74 Å². The Labute approximate surface area is 89.3 Å². The number of hydrogen-bond acceptors (Lipinski definition) is 3. The average Bonchev–Trinajstić information content (AvgIpc) is 2.28. The first-order valence-corrected chi connectivity index (χ1v) is 4.69. The van der Waals surface area contributed by atoms with Crippen LogP contribution in [0.4, 0.5) is 0 Å². The van der Waals surface area contributed by atoms with E-state index >= 15 is 0 Å². The Morgan fingerprint density at radius 1 is 1.40 bits per heavy atom. The van der Waals surface area contributed by atoms with Gasteiger partial charge in [0.2, 0.25) is 0 Å². The lowest BCUT2D eigenvalue weighted by Crippen LogP contribution is -2.12. The normalized spacial score (nSPS) is 10.3. The van der Waals surface area contributed by atoms with Gasteiger partial charge < -0.3 is 9.47 Å². The van der Waals surface area contributed by atoms with Crippen LogP contribution in [0.15, 0.2) is 30.3 Å². The fraction of sp³-hybridized carbons (Fsp3) is 0.250.